The summed E-state index contributed by atoms with van der Waals surface area (Å²) in [5.41, 5.74) is 4.19. The minimum Gasteiger partial charge on any atom is -0.481 e. The fourth-order valence-electron chi connectivity index (χ4n) is 5.91. The summed E-state index contributed by atoms with van der Waals surface area (Å²) in [5.74, 6) is -1.45. The van der Waals surface area contributed by atoms with E-state index in [0.29, 0.717) is 49.1 Å². The van der Waals surface area contributed by atoms with Crippen LogP contribution in [-0.2, 0) is 27.9 Å². The number of carboxylic acids is 1. The first-order chi connectivity index (χ1) is 19.9. The summed E-state index contributed by atoms with van der Waals surface area (Å²) in [5, 5.41) is 15.9. The molecule has 0 radical (unpaired) electrons. The lowest BCUT2D eigenvalue weighted by molar-refractivity contribution is -0.136. The minimum absolute atomic E-state index is 0.0721. The zero-order valence-corrected chi connectivity index (χ0v) is 22.6. The number of aryl methyl sites for hydroxylation is 1. The van der Waals surface area contributed by atoms with Crippen molar-refractivity contribution in [3.63, 3.8) is 0 Å². The molecule has 1 aliphatic rings. The van der Waals surface area contributed by atoms with Crippen LogP contribution < -0.4 is 5.32 Å². The minimum atomic E-state index is -0.913. The molecule has 1 aromatic heterocycles. The van der Waals surface area contributed by atoms with E-state index < -0.39 is 11.5 Å². The number of aromatic amines is 1. The summed E-state index contributed by atoms with van der Waals surface area (Å²) in [7, 11) is 0. The van der Waals surface area contributed by atoms with Crippen molar-refractivity contribution < 1.29 is 23.8 Å². The van der Waals surface area contributed by atoms with Crippen molar-refractivity contribution in [2.24, 2.45) is 0 Å². The molecule has 0 saturated carbocycles. The number of aliphatic carboxylic acids is 1. The van der Waals surface area contributed by atoms with E-state index in [0.717, 1.165) is 32.8 Å². The van der Waals surface area contributed by atoms with Gasteiger partial charge in [-0.15, -0.1) is 0 Å². The molecular weight excluding hydrogens is 519 g/mol. The van der Waals surface area contributed by atoms with Crippen molar-refractivity contribution in [3.05, 3.63) is 119 Å². The Hall–Kier alpha value is -4.49. The summed E-state index contributed by atoms with van der Waals surface area (Å²) in [6.45, 7) is 1.06. The molecule has 0 spiro atoms. The predicted octanol–water partition coefficient (Wildman–Crippen LogP) is 6.50. The maximum absolute atomic E-state index is 14.1. The number of aromatic nitrogens is 1. The van der Waals surface area contributed by atoms with Gasteiger partial charge in [0, 0.05) is 42.3 Å². The first-order valence-electron chi connectivity index (χ1n) is 13.9. The van der Waals surface area contributed by atoms with Crippen molar-refractivity contribution in [2.75, 3.05) is 13.2 Å². The molecule has 3 N–H and O–H groups in total. The fraction of sp³-hybridized carbons (Fsp3) is 0.235. The molecule has 2 heterocycles. The van der Waals surface area contributed by atoms with Gasteiger partial charge in [-0.1, -0.05) is 48.5 Å². The molecule has 0 unspecified atom stereocenters. The smallest absolute Gasteiger partial charge is 0.303 e. The van der Waals surface area contributed by atoms with Gasteiger partial charge in [0.2, 0.25) is 0 Å². The molecular formula is C34H31FN2O4. The first kappa shape index (κ1) is 26.7. The molecule has 6 nitrogen and oxygen atoms in total. The standard InChI is InChI=1S/C34H31FN2O4/c35-28-10-11-29-26(21-36-31(29)20-28)17-22-5-6-24(8-12-32(38)39)30(18-22)33(40)37-34(13-15-41-16-14-34)27-9-7-23-3-1-2-4-25(23)19-27/h1-7,9-11,18-21,36H,8,12-17H2,(H,37,40)(H,38,39). The highest BCUT2D eigenvalue weighted by molar-refractivity contribution is 5.97. The number of rotatable bonds is 8. The van der Waals surface area contributed by atoms with Crippen molar-refractivity contribution in [1.82, 2.24) is 10.3 Å². The number of nitrogens with one attached hydrogen (secondary N) is 2. The number of halogens is 1. The van der Waals surface area contributed by atoms with Crippen molar-refractivity contribution in [1.29, 1.82) is 0 Å². The van der Waals surface area contributed by atoms with Crippen molar-refractivity contribution in [3.8, 4) is 0 Å². The number of hydrogen-bond acceptors (Lipinski definition) is 3. The maximum Gasteiger partial charge on any atom is 0.303 e. The molecule has 41 heavy (non-hydrogen) atoms. The highest BCUT2D eigenvalue weighted by atomic mass is 19.1. The average molecular weight is 551 g/mol. The molecule has 1 amide bonds. The zero-order valence-electron chi connectivity index (χ0n) is 22.6. The van der Waals surface area contributed by atoms with Gasteiger partial charge in [-0.05, 0) is 89.0 Å². The lowest BCUT2D eigenvalue weighted by atomic mass is 9.81. The number of carbonyl (C=O) groups is 2. The molecule has 0 bridgehead atoms. The highest BCUT2D eigenvalue weighted by Gasteiger charge is 2.37. The van der Waals surface area contributed by atoms with Gasteiger partial charge >= 0.3 is 5.97 Å². The van der Waals surface area contributed by atoms with Crippen LogP contribution in [0.3, 0.4) is 0 Å². The third-order valence-corrected chi connectivity index (χ3v) is 8.15. The Labute approximate surface area is 237 Å². The zero-order chi connectivity index (χ0) is 28.4. The van der Waals surface area contributed by atoms with Gasteiger partial charge in [0.1, 0.15) is 5.82 Å². The third kappa shape index (κ3) is 5.58. The van der Waals surface area contributed by atoms with Crippen LogP contribution in [0.25, 0.3) is 21.7 Å². The van der Waals surface area contributed by atoms with Crippen LogP contribution in [0.2, 0.25) is 0 Å². The largest absolute Gasteiger partial charge is 0.481 e. The van der Waals surface area contributed by atoms with E-state index in [1.165, 1.54) is 12.1 Å². The van der Waals surface area contributed by atoms with Gasteiger partial charge in [-0.3, -0.25) is 9.59 Å². The Morgan fingerprint density at radius 1 is 0.927 bits per heavy atom. The van der Waals surface area contributed by atoms with Crippen molar-refractivity contribution >= 4 is 33.6 Å². The third-order valence-electron chi connectivity index (χ3n) is 8.15. The summed E-state index contributed by atoms with van der Waals surface area (Å²) < 4.78 is 19.4. The second kappa shape index (κ2) is 11.2. The lowest BCUT2D eigenvalue weighted by Crippen LogP contribution is -2.49. The van der Waals surface area contributed by atoms with E-state index >= 15 is 0 Å². The van der Waals surface area contributed by atoms with Gasteiger partial charge in [-0.25, -0.2) is 4.39 Å². The monoisotopic (exact) mass is 550 g/mol. The maximum atomic E-state index is 14.1. The summed E-state index contributed by atoms with van der Waals surface area (Å²) in [6.07, 6.45) is 3.84. The van der Waals surface area contributed by atoms with Gasteiger partial charge in [0.05, 0.1) is 5.54 Å². The van der Waals surface area contributed by atoms with E-state index in [4.69, 9.17) is 4.74 Å². The van der Waals surface area contributed by atoms with Crippen LogP contribution in [-0.4, -0.2) is 35.2 Å². The van der Waals surface area contributed by atoms with Crippen LogP contribution in [0.15, 0.2) is 85.1 Å². The van der Waals surface area contributed by atoms with E-state index in [2.05, 4.69) is 40.6 Å². The number of ether oxygens (including phenoxy) is 1. The Morgan fingerprint density at radius 2 is 1.73 bits per heavy atom. The number of H-pyrrole nitrogens is 1. The number of carboxylic acid groups (broad SMARTS) is 1. The number of benzene rings is 4. The van der Waals surface area contributed by atoms with Gasteiger partial charge in [0.15, 0.2) is 0 Å². The van der Waals surface area contributed by atoms with Gasteiger partial charge in [-0.2, -0.15) is 0 Å². The summed E-state index contributed by atoms with van der Waals surface area (Å²) in [4.78, 5) is 28.6. The molecule has 1 saturated heterocycles. The Morgan fingerprint density at radius 3 is 2.54 bits per heavy atom. The molecule has 7 heteroatoms. The Balaban J connectivity index is 1.35. The van der Waals surface area contributed by atoms with E-state index in [9.17, 15) is 19.1 Å². The number of hydrogen-bond donors (Lipinski definition) is 3. The number of carbonyl (C=O) groups excluding carboxylic acids is 1. The topological polar surface area (TPSA) is 91.4 Å². The molecule has 4 aromatic carbocycles. The van der Waals surface area contributed by atoms with Crippen LogP contribution in [0.1, 0.15) is 51.9 Å². The molecule has 0 atom stereocenters. The predicted molar refractivity (Wildman–Crippen MR) is 157 cm³/mol. The molecule has 208 valence electrons. The SMILES string of the molecule is O=C(O)CCc1ccc(Cc2c[nH]c3cc(F)ccc23)cc1C(=O)NC1(c2ccc3ccccc3c2)CCOCC1. The summed E-state index contributed by atoms with van der Waals surface area (Å²) in [6, 6.07) is 24.8. The quantitative estimate of drug-likeness (QED) is 0.206. The second-order valence-electron chi connectivity index (χ2n) is 10.8. The number of fused-ring (bicyclic) bond motifs is 2. The normalized spacial score (nSPS) is 14.8. The molecule has 1 aliphatic heterocycles. The van der Waals surface area contributed by atoms with Crippen LogP contribution in [0.5, 0.6) is 0 Å². The first-order valence-corrected chi connectivity index (χ1v) is 13.9. The lowest BCUT2D eigenvalue weighted by Gasteiger charge is -2.39. The molecule has 5 aromatic rings. The van der Waals surface area contributed by atoms with E-state index in [1.54, 1.807) is 6.07 Å². The highest BCUT2D eigenvalue weighted by Crippen LogP contribution is 2.35. The summed E-state index contributed by atoms with van der Waals surface area (Å²) >= 11 is 0. The number of amides is 1. The molecule has 1 fully saturated rings. The van der Waals surface area contributed by atoms with E-state index in [1.807, 2.05) is 36.5 Å². The Bertz CT molecular complexity index is 1750. The van der Waals surface area contributed by atoms with Gasteiger partial charge in [0.25, 0.3) is 5.91 Å². The van der Waals surface area contributed by atoms with E-state index in [-0.39, 0.29) is 24.6 Å². The average Bonchev–Trinajstić information content (AvgIpc) is 3.37. The van der Waals surface area contributed by atoms with Gasteiger partial charge < -0.3 is 20.1 Å². The molecule has 6 rings (SSSR count). The second-order valence-corrected chi connectivity index (χ2v) is 10.8. The Kier molecular flexibility index (Phi) is 7.28. The van der Waals surface area contributed by atoms with Crippen LogP contribution in [0.4, 0.5) is 4.39 Å². The molecule has 0 aliphatic carbocycles. The van der Waals surface area contributed by atoms with Crippen LogP contribution in [0, 0.1) is 5.82 Å². The van der Waals surface area contributed by atoms with Crippen LogP contribution >= 0.6 is 0 Å². The van der Waals surface area contributed by atoms with Crippen molar-refractivity contribution in [2.45, 2.75) is 37.6 Å². The fourth-order valence-corrected chi connectivity index (χ4v) is 5.91.